The van der Waals surface area contributed by atoms with E-state index in [-0.39, 0.29) is 43.5 Å². The van der Waals surface area contributed by atoms with Crippen molar-refractivity contribution >= 4 is 17.7 Å². The number of carbonyl (C=O) groups excluding carboxylic acids is 2. The minimum absolute atomic E-state index is 0.0212. The van der Waals surface area contributed by atoms with Crippen LogP contribution in [0.4, 0.5) is 0 Å². The third-order valence-corrected chi connectivity index (χ3v) is 3.72. The number of carboxylic acids is 1. The normalized spacial score (nSPS) is 10.5. The zero-order valence-electron chi connectivity index (χ0n) is 14.4. The van der Waals surface area contributed by atoms with Crippen LogP contribution in [0.1, 0.15) is 49.9 Å². The molecule has 6 nitrogen and oxygen atoms in total. The number of rotatable bonds is 10. The molecule has 0 unspecified atom stereocenters. The van der Waals surface area contributed by atoms with E-state index >= 15 is 0 Å². The lowest BCUT2D eigenvalue weighted by molar-refractivity contribution is -0.139. The van der Waals surface area contributed by atoms with Crippen molar-refractivity contribution in [2.45, 2.75) is 45.6 Å². The van der Waals surface area contributed by atoms with Gasteiger partial charge in [0, 0.05) is 31.0 Å². The van der Waals surface area contributed by atoms with Gasteiger partial charge in [0.05, 0.1) is 13.5 Å². The summed E-state index contributed by atoms with van der Waals surface area (Å²) in [4.78, 5) is 36.5. The molecule has 0 aliphatic rings. The van der Waals surface area contributed by atoms with Crippen LogP contribution in [-0.4, -0.2) is 47.4 Å². The number of amides is 1. The second-order valence-electron chi connectivity index (χ2n) is 5.83. The number of ether oxygens (including phenoxy) is 1. The van der Waals surface area contributed by atoms with Crippen molar-refractivity contribution in [3.8, 4) is 5.75 Å². The first-order valence-electron chi connectivity index (χ1n) is 8.03. The van der Waals surface area contributed by atoms with Gasteiger partial charge in [-0.2, -0.15) is 0 Å². The van der Waals surface area contributed by atoms with Crippen LogP contribution in [-0.2, 0) is 9.59 Å². The lowest BCUT2D eigenvalue weighted by Crippen LogP contribution is -2.38. The highest BCUT2D eigenvalue weighted by Crippen LogP contribution is 2.14. The van der Waals surface area contributed by atoms with E-state index in [1.54, 1.807) is 36.3 Å². The number of benzene rings is 1. The molecule has 1 amide bonds. The Morgan fingerprint density at radius 3 is 2.21 bits per heavy atom. The molecule has 0 saturated heterocycles. The van der Waals surface area contributed by atoms with Gasteiger partial charge in [0.1, 0.15) is 5.75 Å². The van der Waals surface area contributed by atoms with E-state index < -0.39 is 5.97 Å². The Labute approximate surface area is 142 Å². The van der Waals surface area contributed by atoms with E-state index in [0.717, 1.165) is 0 Å². The second kappa shape index (κ2) is 9.70. The SMILES string of the molecule is COc1ccc(C(=O)CCCC(=O)N(CCC(=O)O)C(C)C)cc1. The van der Waals surface area contributed by atoms with Crippen LogP contribution in [0.15, 0.2) is 24.3 Å². The van der Waals surface area contributed by atoms with E-state index in [9.17, 15) is 14.4 Å². The molecule has 132 valence electrons. The van der Waals surface area contributed by atoms with Crippen LogP contribution in [0, 0.1) is 0 Å². The molecule has 6 heteroatoms. The number of ketones is 1. The first-order chi connectivity index (χ1) is 11.3. The van der Waals surface area contributed by atoms with E-state index in [4.69, 9.17) is 9.84 Å². The minimum atomic E-state index is -0.928. The van der Waals surface area contributed by atoms with Gasteiger partial charge in [-0.25, -0.2) is 0 Å². The van der Waals surface area contributed by atoms with E-state index in [1.807, 2.05) is 13.8 Å². The number of carboxylic acid groups (broad SMARTS) is 1. The smallest absolute Gasteiger partial charge is 0.305 e. The summed E-state index contributed by atoms with van der Waals surface area (Å²) in [7, 11) is 1.56. The summed E-state index contributed by atoms with van der Waals surface area (Å²) < 4.78 is 5.05. The molecule has 0 aliphatic carbocycles. The second-order valence-corrected chi connectivity index (χ2v) is 5.83. The van der Waals surface area contributed by atoms with Crippen LogP contribution in [0.5, 0.6) is 5.75 Å². The maximum absolute atomic E-state index is 12.2. The quantitative estimate of drug-likeness (QED) is 0.665. The van der Waals surface area contributed by atoms with Gasteiger partial charge < -0.3 is 14.7 Å². The molecule has 0 atom stereocenters. The highest BCUT2D eigenvalue weighted by molar-refractivity contribution is 5.96. The van der Waals surface area contributed by atoms with Gasteiger partial charge in [-0.1, -0.05) is 0 Å². The van der Waals surface area contributed by atoms with Crippen molar-refractivity contribution in [3.63, 3.8) is 0 Å². The molecule has 1 aromatic rings. The van der Waals surface area contributed by atoms with Crippen molar-refractivity contribution in [1.82, 2.24) is 4.90 Å². The molecule has 0 aliphatic heterocycles. The van der Waals surface area contributed by atoms with Crippen LogP contribution >= 0.6 is 0 Å². The summed E-state index contributed by atoms with van der Waals surface area (Å²) in [6.07, 6.45) is 0.886. The molecule has 0 bridgehead atoms. The zero-order chi connectivity index (χ0) is 18.1. The predicted molar refractivity (Wildman–Crippen MR) is 90.3 cm³/mol. The fraction of sp³-hybridized carbons (Fsp3) is 0.500. The predicted octanol–water partition coefficient (Wildman–Crippen LogP) is 2.76. The lowest BCUT2D eigenvalue weighted by atomic mass is 10.0. The fourth-order valence-corrected chi connectivity index (χ4v) is 2.35. The number of Topliss-reactive ketones (excluding diaryl/α,β-unsaturated/α-hetero) is 1. The van der Waals surface area contributed by atoms with E-state index in [2.05, 4.69) is 0 Å². The summed E-state index contributed by atoms with van der Waals surface area (Å²) in [5.74, 6) is -0.378. The number of hydrogen-bond acceptors (Lipinski definition) is 4. The largest absolute Gasteiger partial charge is 0.497 e. The standard InChI is InChI=1S/C18H25NO5/c1-13(2)19(12-11-18(22)23)17(21)6-4-5-16(20)14-7-9-15(24-3)10-8-14/h7-10,13H,4-6,11-12H2,1-3H3,(H,22,23). The van der Waals surface area contributed by atoms with Gasteiger partial charge in [-0.3, -0.25) is 14.4 Å². The molecular weight excluding hydrogens is 310 g/mol. The third kappa shape index (κ3) is 6.40. The lowest BCUT2D eigenvalue weighted by Gasteiger charge is -2.26. The average Bonchev–Trinajstić information content (AvgIpc) is 2.54. The summed E-state index contributed by atoms with van der Waals surface area (Å²) in [5.41, 5.74) is 0.592. The Morgan fingerprint density at radius 1 is 1.08 bits per heavy atom. The monoisotopic (exact) mass is 335 g/mol. The van der Waals surface area contributed by atoms with E-state index in [1.165, 1.54) is 0 Å². The van der Waals surface area contributed by atoms with Gasteiger partial charge in [0.25, 0.3) is 0 Å². The highest BCUT2D eigenvalue weighted by atomic mass is 16.5. The number of hydrogen-bond donors (Lipinski definition) is 1. The summed E-state index contributed by atoms with van der Waals surface area (Å²) >= 11 is 0. The number of nitrogens with zero attached hydrogens (tertiary/aromatic N) is 1. The van der Waals surface area contributed by atoms with Crippen LogP contribution in [0.25, 0.3) is 0 Å². The Kier molecular flexibility index (Phi) is 7.95. The average molecular weight is 335 g/mol. The number of carbonyl (C=O) groups is 3. The molecule has 0 heterocycles. The van der Waals surface area contributed by atoms with Crippen LogP contribution in [0.3, 0.4) is 0 Å². The first kappa shape index (κ1) is 19.7. The van der Waals surface area contributed by atoms with Gasteiger partial charge in [0.15, 0.2) is 5.78 Å². The van der Waals surface area contributed by atoms with Gasteiger partial charge in [-0.05, 0) is 44.5 Å². The molecule has 0 radical (unpaired) electrons. The van der Waals surface area contributed by atoms with Crippen molar-refractivity contribution in [3.05, 3.63) is 29.8 Å². The molecule has 0 saturated carbocycles. The van der Waals surface area contributed by atoms with Crippen molar-refractivity contribution in [1.29, 1.82) is 0 Å². The molecule has 0 fully saturated rings. The molecule has 1 N–H and O–H groups in total. The Hall–Kier alpha value is -2.37. The Balaban J connectivity index is 2.47. The van der Waals surface area contributed by atoms with Gasteiger partial charge in [0.2, 0.25) is 5.91 Å². The van der Waals surface area contributed by atoms with Crippen LogP contribution < -0.4 is 4.74 Å². The molecule has 0 spiro atoms. The first-order valence-corrected chi connectivity index (χ1v) is 8.03. The maximum atomic E-state index is 12.2. The summed E-state index contributed by atoms with van der Waals surface area (Å²) in [5, 5.41) is 8.75. The Bertz CT molecular complexity index is 565. The molecule has 24 heavy (non-hydrogen) atoms. The van der Waals surface area contributed by atoms with Gasteiger partial charge >= 0.3 is 5.97 Å². The fourth-order valence-electron chi connectivity index (χ4n) is 2.35. The van der Waals surface area contributed by atoms with Crippen LogP contribution in [0.2, 0.25) is 0 Å². The van der Waals surface area contributed by atoms with E-state index in [0.29, 0.717) is 17.7 Å². The molecule has 0 aromatic heterocycles. The molecular formula is C18H25NO5. The highest BCUT2D eigenvalue weighted by Gasteiger charge is 2.18. The summed E-state index contributed by atoms with van der Waals surface area (Å²) in [6, 6.07) is 6.80. The molecule has 1 rings (SSSR count). The van der Waals surface area contributed by atoms with Crippen molar-refractivity contribution in [2.24, 2.45) is 0 Å². The molecule has 1 aromatic carbocycles. The maximum Gasteiger partial charge on any atom is 0.305 e. The van der Waals surface area contributed by atoms with Crippen molar-refractivity contribution < 1.29 is 24.2 Å². The number of aliphatic carboxylic acids is 1. The number of methoxy groups -OCH3 is 1. The zero-order valence-corrected chi connectivity index (χ0v) is 14.4. The topological polar surface area (TPSA) is 83.9 Å². The third-order valence-electron chi connectivity index (χ3n) is 3.72. The Morgan fingerprint density at radius 2 is 1.71 bits per heavy atom. The minimum Gasteiger partial charge on any atom is -0.497 e. The summed E-state index contributed by atoms with van der Waals surface area (Å²) in [6.45, 7) is 3.89. The van der Waals surface area contributed by atoms with Gasteiger partial charge in [-0.15, -0.1) is 0 Å². The van der Waals surface area contributed by atoms with Crippen molar-refractivity contribution in [2.75, 3.05) is 13.7 Å².